The summed E-state index contributed by atoms with van der Waals surface area (Å²) in [6.07, 6.45) is 0. The molecule has 0 amide bonds. The quantitative estimate of drug-likeness (QED) is 0.481. The van der Waals surface area contributed by atoms with E-state index in [0.29, 0.717) is 5.69 Å². The summed E-state index contributed by atoms with van der Waals surface area (Å²) in [4.78, 5) is 3.63. The first-order chi connectivity index (χ1) is 4.84. The number of rotatable bonds is 1. The van der Waals surface area contributed by atoms with Gasteiger partial charge in [0.05, 0.1) is 0 Å². The van der Waals surface area contributed by atoms with Gasteiger partial charge in [0, 0.05) is 0 Å². The van der Waals surface area contributed by atoms with Crippen LogP contribution >= 0.6 is 0 Å². The van der Waals surface area contributed by atoms with Gasteiger partial charge in [-0.05, 0) is 0 Å². The molecule has 0 atom stereocenters. The molecular weight excluding hydrogens is 196 g/mol. The van der Waals surface area contributed by atoms with Gasteiger partial charge in [-0.2, -0.15) is 0 Å². The van der Waals surface area contributed by atoms with E-state index >= 15 is 0 Å². The normalized spacial score (nSPS) is 8.50. The van der Waals surface area contributed by atoms with Crippen molar-refractivity contribution < 1.29 is 4.39 Å². The SMILES string of the molecule is Fc1ccccc1N=C=[Se]. The van der Waals surface area contributed by atoms with Crippen molar-refractivity contribution >= 4 is 26.0 Å². The average Bonchev–Trinajstić information content (AvgIpc) is 1.94. The van der Waals surface area contributed by atoms with Gasteiger partial charge in [-0.15, -0.1) is 0 Å². The van der Waals surface area contributed by atoms with Crippen molar-refractivity contribution in [3.05, 3.63) is 30.1 Å². The van der Waals surface area contributed by atoms with E-state index in [1.165, 1.54) is 6.07 Å². The molecule has 0 radical (unpaired) electrons. The summed E-state index contributed by atoms with van der Waals surface area (Å²) in [5.41, 5.74) is 0.307. The minimum absolute atomic E-state index is 0.307. The predicted octanol–water partition coefficient (Wildman–Crippen LogP) is 1.53. The molecule has 50 valence electrons. The van der Waals surface area contributed by atoms with Crippen LogP contribution in [0.3, 0.4) is 0 Å². The second-order valence-electron chi connectivity index (χ2n) is 1.65. The van der Waals surface area contributed by atoms with E-state index in [4.69, 9.17) is 0 Å². The Kier molecular flexibility index (Phi) is 2.52. The van der Waals surface area contributed by atoms with Crippen molar-refractivity contribution in [2.45, 2.75) is 0 Å². The van der Waals surface area contributed by atoms with E-state index in [1.54, 1.807) is 18.2 Å². The van der Waals surface area contributed by atoms with Crippen LogP contribution in [-0.2, 0) is 0 Å². The van der Waals surface area contributed by atoms with Gasteiger partial charge in [0.2, 0.25) is 0 Å². The van der Waals surface area contributed by atoms with Crippen LogP contribution in [0.15, 0.2) is 29.3 Å². The fourth-order valence-corrected chi connectivity index (χ4v) is 0.798. The van der Waals surface area contributed by atoms with Crippen LogP contribution in [0.5, 0.6) is 0 Å². The molecule has 1 nitrogen and oxygen atoms in total. The average molecular weight is 200 g/mol. The molecule has 0 unspecified atom stereocenters. The summed E-state index contributed by atoms with van der Waals surface area (Å²) in [6.45, 7) is 0. The summed E-state index contributed by atoms with van der Waals surface area (Å²) in [5, 5.41) is 0. The summed E-state index contributed by atoms with van der Waals surface area (Å²) >= 11 is 2.44. The summed E-state index contributed by atoms with van der Waals surface area (Å²) in [7, 11) is 0. The number of benzene rings is 1. The van der Waals surface area contributed by atoms with Crippen LogP contribution in [0.4, 0.5) is 10.1 Å². The van der Waals surface area contributed by atoms with E-state index in [1.807, 2.05) is 0 Å². The predicted molar refractivity (Wildman–Crippen MR) is 39.2 cm³/mol. The van der Waals surface area contributed by atoms with Crippen molar-refractivity contribution in [1.29, 1.82) is 0 Å². The number of hydrogen-bond donors (Lipinski definition) is 0. The standard InChI is InChI=1S/C7H4FNSe/c8-6-3-1-2-4-7(6)9-5-10/h1-4H. The van der Waals surface area contributed by atoms with Gasteiger partial charge in [-0.25, -0.2) is 0 Å². The number of hydrogen-bond acceptors (Lipinski definition) is 1. The molecule has 0 N–H and O–H groups in total. The Hall–Kier alpha value is -0.751. The molecule has 1 aromatic rings. The molecule has 0 aromatic heterocycles. The Bertz CT molecular complexity index is 279. The summed E-state index contributed by atoms with van der Waals surface area (Å²) < 4.78 is 15.0. The zero-order valence-corrected chi connectivity index (χ0v) is 6.76. The zero-order chi connectivity index (χ0) is 7.40. The fourth-order valence-electron chi connectivity index (χ4n) is 0.592. The molecule has 0 saturated heterocycles. The van der Waals surface area contributed by atoms with Gasteiger partial charge in [-0.1, -0.05) is 0 Å². The molecule has 3 heteroatoms. The van der Waals surface area contributed by atoms with Gasteiger partial charge in [-0.3, -0.25) is 0 Å². The van der Waals surface area contributed by atoms with Crippen LogP contribution in [-0.4, -0.2) is 20.3 Å². The van der Waals surface area contributed by atoms with E-state index in [-0.39, 0.29) is 5.82 Å². The first kappa shape index (κ1) is 7.36. The Balaban J connectivity index is 3.14. The van der Waals surface area contributed by atoms with Gasteiger partial charge < -0.3 is 0 Å². The molecule has 0 aliphatic heterocycles. The third kappa shape index (κ3) is 1.61. The molecule has 1 rings (SSSR count). The summed E-state index contributed by atoms with van der Waals surface area (Å²) in [5.74, 6) is -0.328. The first-order valence-corrected chi connectivity index (χ1v) is 3.52. The molecule has 0 aliphatic rings. The topological polar surface area (TPSA) is 12.4 Å². The third-order valence-electron chi connectivity index (χ3n) is 1.02. The minimum atomic E-state index is -0.328. The molecule has 0 heterocycles. The molecule has 0 fully saturated rings. The van der Waals surface area contributed by atoms with Crippen molar-refractivity contribution in [1.82, 2.24) is 0 Å². The number of halogens is 1. The van der Waals surface area contributed by atoms with Gasteiger partial charge in [0.15, 0.2) is 0 Å². The van der Waals surface area contributed by atoms with Crippen LogP contribution in [0.25, 0.3) is 0 Å². The number of nitrogens with zero attached hydrogens (tertiary/aromatic N) is 1. The monoisotopic (exact) mass is 201 g/mol. The Morgan fingerprint density at radius 2 is 2.10 bits per heavy atom. The maximum absolute atomic E-state index is 12.6. The molecular formula is C7H4FNSe. The van der Waals surface area contributed by atoms with E-state index < -0.39 is 0 Å². The Labute approximate surface area is 66.0 Å². The third-order valence-corrected chi connectivity index (χ3v) is 1.21. The maximum atomic E-state index is 12.6. The van der Waals surface area contributed by atoms with Gasteiger partial charge in [0.25, 0.3) is 0 Å². The fraction of sp³-hybridized carbons (Fsp3) is 0. The number of aliphatic imine (C=N–C) groups is 1. The Morgan fingerprint density at radius 1 is 1.40 bits per heavy atom. The first-order valence-electron chi connectivity index (χ1n) is 2.67. The van der Waals surface area contributed by atoms with E-state index in [2.05, 4.69) is 25.3 Å². The Morgan fingerprint density at radius 3 is 2.70 bits per heavy atom. The molecule has 0 aliphatic carbocycles. The van der Waals surface area contributed by atoms with Crippen molar-refractivity contribution in [3.8, 4) is 0 Å². The van der Waals surface area contributed by atoms with Crippen LogP contribution in [0.2, 0.25) is 0 Å². The van der Waals surface area contributed by atoms with Crippen molar-refractivity contribution in [2.75, 3.05) is 0 Å². The van der Waals surface area contributed by atoms with Crippen LogP contribution in [0, 0.1) is 5.82 Å². The van der Waals surface area contributed by atoms with Crippen LogP contribution in [0.1, 0.15) is 0 Å². The van der Waals surface area contributed by atoms with Crippen LogP contribution < -0.4 is 0 Å². The van der Waals surface area contributed by atoms with Gasteiger partial charge in [0.1, 0.15) is 0 Å². The zero-order valence-electron chi connectivity index (χ0n) is 5.04. The van der Waals surface area contributed by atoms with E-state index in [0.717, 1.165) is 0 Å². The molecule has 1 aromatic carbocycles. The second kappa shape index (κ2) is 3.43. The second-order valence-corrected chi connectivity index (χ2v) is 2.04. The van der Waals surface area contributed by atoms with Crippen molar-refractivity contribution in [3.63, 3.8) is 0 Å². The van der Waals surface area contributed by atoms with Gasteiger partial charge >= 0.3 is 65.4 Å². The molecule has 0 bridgehead atoms. The molecule has 0 spiro atoms. The van der Waals surface area contributed by atoms with Crippen molar-refractivity contribution in [2.24, 2.45) is 4.99 Å². The molecule has 0 saturated carbocycles. The number of para-hydroxylation sites is 1. The molecule has 10 heavy (non-hydrogen) atoms. The van der Waals surface area contributed by atoms with E-state index in [9.17, 15) is 4.39 Å². The summed E-state index contributed by atoms with van der Waals surface area (Å²) in [6, 6.07) is 6.28.